The van der Waals surface area contributed by atoms with Crippen molar-refractivity contribution < 1.29 is 13.2 Å². The van der Waals surface area contributed by atoms with E-state index in [1.165, 1.54) is 26.0 Å². The molecule has 17 heavy (non-hydrogen) atoms. The maximum absolute atomic E-state index is 11.3. The van der Waals surface area contributed by atoms with Gasteiger partial charge in [-0.15, -0.1) is 0 Å². The van der Waals surface area contributed by atoms with Gasteiger partial charge in [0, 0.05) is 12.6 Å². The molecule has 94 valence electrons. The molecular weight excluding hydrogens is 240 g/mol. The standard InChI is InChI=1S/C11H16N2O3S/c1-16-10-6-8(7-13-9-3-4-9)2-5-11(10)17(12,14)15/h2,5-6,9,13H,3-4,7H2,1H3,(H2,12,14,15). The molecule has 5 nitrogen and oxygen atoms in total. The summed E-state index contributed by atoms with van der Waals surface area (Å²) in [6.07, 6.45) is 2.43. The molecule has 2 rings (SSSR count). The van der Waals surface area contributed by atoms with E-state index in [0.717, 1.165) is 5.56 Å². The average molecular weight is 256 g/mol. The Morgan fingerprint density at radius 2 is 2.18 bits per heavy atom. The number of nitrogens with one attached hydrogen (secondary N) is 1. The Hall–Kier alpha value is -1.11. The van der Waals surface area contributed by atoms with Crippen molar-refractivity contribution in [1.82, 2.24) is 5.32 Å². The zero-order valence-corrected chi connectivity index (χ0v) is 10.5. The maximum Gasteiger partial charge on any atom is 0.241 e. The van der Waals surface area contributed by atoms with Crippen molar-refractivity contribution in [2.45, 2.75) is 30.3 Å². The molecule has 0 heterocycles. The molecule has 0 amide bonds. The van der Waals surface area contributed by atoms with Gasteiger partial charge in [-0.25, -0.2) is 13.6 Å². The van der Waals surface area contributed by atoms with Gasteiger partial charge in [0.1, 0.15) is 10.6 Å². The summed E-state index contributed by atoms with van der Waals surface area (Å²) in [7, 11) is -2.29. The Labute approximate surface area is 101 Å². The summed E-state index contributed by atoms with van der Waals surface area (Å²) in [5.41, 5.74) is 0.987. The Morgan fingerprint density at radius 3 is 2.71 bits per heavy atom. The SMILES string of the molecule is COc1cc(CNC2CC2)ccc1S(N)(=O)=O. The molecule has 0 saturated heterocycles. The lowest BCUT2D eigenvalue weighted by molar-refractivity contribution is 0.402. The van der Waals surface area contributed by atoms with Crippen molar-refractivity contribution in [2.75, 3.05) is 7.11 Å². The number of benzene rings is 1. The number of rotatable bonds is 5. The summed E-state index contributed by atoms with van der Waals surface area (Å²) in [6, 6.07) is 5.55. The molecule has 0 unspecified atom stereocenters. The lowest BCUT2D eigenvalue weighted by atomic mass is 10.2. The maximum atomic E-state index is 11.3. The van der Waals surface area contributed by atoms with E-state index in [1.54, 1.807) is 12.1 Å². The molecule has 0 aliphatic heterocycles. The molecule has 1 aliphatic rings. The van der Waals surface area contributed by atoms with Crippen molar-refractivity contribution in [3.8, 4) is 5.75 Å². The van der Waals surface area contributed by atoms with E-state index < -0.39 is 10.0 Å². The summed E-state index contributed by atoms with van der Waals surface area (Å²) in [5, 5.41) is 8.44. The number of nitrogens with two attached hydrogens (primary N) is 1. The van der Waals surface area contributed by atoms with Gasteiger partial charge in [-0.3, -0.25) is 0 Å². The van der Waals surface area contributed by atoms with Gasteiger partial charge in [0.05, 0.1) is 7.11 Å². The Bertz CT molecular complexity index is 509. The first-order valence-corrected chi connectivity index (χ1v) is 6.98. The minimum Gasteiger partial charge on any atom is -0.495 e. The number of ether oxygens (including phenoxy) is 1. The third-order valence-electron chi connectivity index (χ3n) is 2.71. The first kappa shape index (κ1) is 12.3. The van der Waals surface area contributed by atoms with E-state index in [1.807, 2.05) is 0 Å². The van der Waals surface area contributed by atoms with Crippen LogP contribution in [0.25, 0.3) is 0 Å². The molecule has 0 atom stereocenters. The van der Waals surface area contributed by atoms with Gasteiger partial charge in [0.15, 0.2) is 0 Å². The van der Waals surface area contributed by atoms with Crippen LogP contribution in [0, 0.1) is 0 Å². The molecule has 1 fully saturated rings. The highest BCUT2D eigenvalue weighted by Crippen LogP contribution is 2.25. The molecular formula is C11H16N2O3S. The lowest BCUT2D eigenvalue weighted by Gasteiger charge is -2.09. The van der Waals surface area contributed by atoms with Crippen LogP contribution >= 0.6 is 0 Å². The van der Waals surface area contributed by atoms with Crippen LogP contribution in [0.5, 0.6) is 5.75 Å². The van der Waals surface area contributed by atoms with Crippen LogP contribution in [0.15, 0.2) is 23.1 Å². The molecule has 1 aliphatic carbocycles. The van der Waals surface area contributed by atoms with E-state index in [0.29, 0.717) is 18.3 Å². The summed E-state index contributed by atoms with van der Waals surface area (Å²) < 4.78 is 27.6. The first-order chi connectivity index (χ1) is 8.00. The average Bonchev–Trinajstić information content (AvgIpc) is 3.08. The Kier molecular flexibility index (Phi) is 3.37. The fourth-order valence-electron chi connectivity index (χ4n) is 1.61. The minimum absolute atomic E-state index is 0.0233. The zero-order chi connectivity index (χ0) is 12.5. The second-order valence-corrected chi connectivity index (χ2v) is 5.72. The largest absolute Gasteiger partial charge is 0.495 e. The molecule has 3 N–H and O–H groups in total. The van der Waals surface area contributed by atoms with Crippen molar-refractivity contribution >= 4 is 10.0 Å². The fourth-order valence-corrected chi connectivity index (χ4v) is 2.29. The normalized spacial score (nSPS) is 15.9. The third kappa shape index (κ3) is 3.18. The van der Waals surface area contributed by atoms with Gasteiger partial charge in [-0.05, 0) is 30.5 Å². The number of primary sulfonamides is 1. The minimum atomic E-state index is -3.73. The Morgan fingerprint density at radius 1 is 1.47 bits per heavy atom. The smallest absolute Gasteiger partial charge is 0.241 e. The molecule has 0 aromatic heterocycles. The summed E-state index contributed by atoms with van der Waals surface area (Å²) in [5.74, 6) is 0.294. The highest BCUT2D eigenvalue weighted by Gasteiger charge is 2.20. The lowest BCUT2D eigenvalue weighted by Crippen LogP contribution is -2.16. The van der Waals surface area contributed by atoms with Crippen LogP contribution in [-0.4, -0.2) is 21.6 Å². The number of sulfonamides is 1. The van der Waals surface area contributed by atoms with Crippen molar-refractivity contribution in [3.63, 3.8) is 0 Å². The summed E-state index contributed by atoms with van der Waals surface area (Å²) in [4.78, 5) is 0.0233. The second-order valence-electron chi connectivity index (χ2n) is 4.19. The van der Waals surface area contributed by atoms with E-state index in [-0.39, 0.29) is 4.90 Å². The summed E-state index contributed by atoms with van der Waals surface area (Å²) in [6.45, 7) is 0.714. The van der Waals surface area contributed by atoms with Crippen LogP contribution in [0.4, 0.5) is 0 Å². The van der Waals surface area contributed by atoms with E-state index in [4.69, 9.17) is 9.88 Å². The predicted molar refractivity (Wildman–Crippen MR) is 64.2 cm³/mol. The van der Waals surface area contributed by atoms with Crippen molar-refractivity contribution in [1.29, 1.82) is 0 Å². The predicted octanol–water partition coefficient (Wildman–Crippen LogP) is 0.595. The highest BCUT2D eigenvalue weighted by molar-refractivity contribution is 7.89. The van der Waals surface area contributed by atoms with E-state index in [9.17, 15) is 8.42 Å². The second kappa shape index (κ2) is 4.64. The molecule has 1 saturated carbocycles. The topological polar surface area (TPSA) is 81.4 Å². The molecule has 6 heteroatoms. The molecule has 0 spiro atoms. The molecule has 0 bridgehead atoms. The van der Waals surface area contributed by atoms with Gasteiger partial charge in [0.2, 0.25) is 10.0 Å². The molecule has 1 aromatic carbocycles. The number of hydrogen-bond donors (Lipinski definition) is 2. The Balaban J connectivity index is 2.20. The van der Waals surface area contributed by atoms with Crippen LogP contribution in [-0.2, 0) is 16.6 Å². The first-order valence-electron chi connectivity index (χ1n) is 5.44. The van der Waals surface area contributed by atoms with Crippen molar-refractivity contribution in [2.24, 2.45) is 5.14 Å². The van der Waals surface area contributed by atoms with Gasteiger partial charge < -0.3 is 10.1 Å². The fraction of sp³-hybridized carbons (Fsp3) is 0.455. The quantitative estimate of drug-likeness (QED) is 0.808. The van der Waals surface area contributed by atoms with Gasteiger partial charge >= 0.3 is 0 Å². The summed E-state index contributed by atoms with van der Waals surface area (Å²) >= 11 is 0. The third-order valence-corrected chi connectivity index (χ3v) is 3.66. The zero-order valence-electron chi connectivity index (χ0n) is 9.64. The van der Waals surface area contributed by atoms with E-state index in [2.05, 4.69) is 5.32 Å². The van der Waals surface area contributed by atoms with Crippen LogP contribution in [0.1, 0.15) is 18.4 Å². The number of methoxy groups -OCH3 is 1. The highest BCUT2D eigenvalue weighted by atomic mass is 32.2. The van der Waals surface area contributed by atoms with E-state index >= 15 is 0 Å². The van der Waals surface area contributed by atoms with Gasteiger partial charge in [0.25, 0.3) is 0 Å². The van der Waals surface area contributed by atoms with Crippen LogP contribution in [0.3, 0.4) is 0 Å². The van der Waals surface area contributed by atoms with Crippen molar-refractivity contribution in [3.05, 3.63) is 23.8 Å². The molecule has 0 radical (unpaired) electrons. The van der Waals surface area contributed by atoms with Crippen LogP contribution < -0.4 is 15.2 Å². The van der Waals surface area contributed by atoms with Gasteiger partial charge in [-0.1, -0.05) is 6.07 Å². The monoisotopic (exact) mass is 256 g/mol. The van der Waals surface area contributed by atoms with Crippen LogP contribution in [0.2, 0.25) is 0 Å². The molecule has 1 aromatic rings. The van der Waals surface area contributed by atoms with Gasteiger partial charge in [-0.2, -0.15) is 0 Å². The number of hydrogen-bond acceptors (Lipinski definition) is 4.